The van der Waals surface area contributed by atoms with Crippen LogP contribution in [0.25, 0.3) is 0 Å². The van der Waals surface area contributed by atoms with Crippen LogP contribution in [0, 0.1) is 0 Å². The van der Waals surface area contributed by atoms with Gasteiger partial charge in [-0.1, -0.05) is 22.9 Å². The van der Waals surface area contributed by atoms with Gasteiger partial charge in [0.1, 0.15) is 0 Å². The van der Waals surface area contributed by atoms with Gasteiger partial charge in [-0.3, -0.25) is 0 Å². The van der Waals surface area contributed by atoms with Gasteiger partial charge in [-0.05, 0) is 31.0 Å². The van der Waals surface area contributed by atoms with Crippen LogP contribution in [0.2, 0.25) is 0 Å². The molecule has 0 saturated heterocycles. The van der Waals surface area contributed by atoms with E-state index in [2.05, 4.69) is 22.9 Å². The Bertz CT molecular complexity index is 342. The first kappa shape index (κ1) is 12.3. The van der Waals surface area contributed by atoms with E-state index in [-0.39, 0.29) is 11.7 Å². The minimum Gasteiger partial charge on any atom is -0.504 e. The number of halogens is 1. The van der Waals surface area contributed by atoms with Gasteiger partial charge in [-0.25, -0.2) is 0 Å². The lowest BCUT2D eigenvalue weighted by atomic mass is 9.96. The van der Waals surface area contributed by atoms with Crippen LogP contribution in [0.1, 0.15) is 24.8 Å². The van der Waals surface area contributed by atoms with Gasteiger partial charge in [0.25, 0.3) is 0 Å². The summed E-state index contributed by atoms with van der Waals surface area (Å²) in [5.41, 5.74) is 6.50. The molecule has 1 unspecified atom stereocenters. The molecule has 0 bridgehead atoms. The summed E-state index contributed by atoms with van der Waals surface area (Å²) >= 11 is 3.46. The molecule has 1 aromatic rings. The van der Waals surface area contributed by atoms with Gasteiger partial charge in [-0.2, -0.15) is 0 Å². The highest BCUT2D eigenvalue weighted by molar-refractivity contribution is 9.10. The SMILES string of the molecule is COc1c(O)ccc(Br)c1C(C)CCN. The topological polar surface area (TPSA) is 55.5 Å². The van der Waals surface area contributed by atoms with E-state index >= 15 is 0 Å². The number of phenols is 1. The van der Waals surface area contributed by atoms with E-state index < -0.39 is 0 Å². The number of phenolic OH excluding ortho intramolecular Hbond substituents is 1. The number of rotatable bonds is 4. The standard InChI is InChI=1S/C11H16BrNO2/c1-7(5-6-13)10-8(12)3-4-9(14)11(10)15-2/h3-4,7,14H,5-6,13H2,1-2H3. The van der Waals surface area contributed by atoms with Gasteiger partial charge in [0.05, 0.1) is 7.11 Å². The smallest absolute Gasteiger partial charge is 0.165 e. The second-order valence-corrected chi connectivity index (χ2v) is 4.35. The molecule has 0 heterocycles. The monoisotopic (exact) mass is 273 g/mol. The predicted molar refractivity (Wildman–Crippen MR) is 64.4 cm³/mol. The molecule has 0 aliphatic carbocycles. The van der Waals surface area contributed by atoms with Crippen LogP contribution in [0.3, 0.4) is 0 Å². The summed E-state index contributed by atoms with van der Waals surface area (Å²) in [6.45, 7) is 2.68. The van der Waals surface area contributed by atoms with Gasteiger partial charge in [0.15, 0.2) is 11.5 Å². The zero-order valence-electron chi connectivity index (χ0n) is 8.96. The third-order valence-corrected chi connectivity index (χ3v) is 3.11. The second-order valence-electron chi connectivity index (χ2n) is 3.49. The first-order valence-electron chi connectivity index (χ1n) is 4.87. The highest BCUT2D eigenvalue weighted by atomic mass is 79.9. The molecule has 84 valence electrons. The summed E-state index contributed by atoms with van der Waals surface area (Å²) in [4.78, 5) is 0. The summed E-state index contributed by atoms with van der Waals surface area (Å²) in [5.74, 6) is 0.955. The van der Waals surface area contributed by atoms with E-state index in [9.17, 15) is 5.11 Å². The molecule has 0 radical (unpaired) electrons. The van der Waals surface area contributed by atoms with Crippen LogP contribution < -0.4 is 10.5 Å². The van der Waals surface area contributed by atoms with E-state index in [0.717, 1.165) is 16.5 Å². The Hall–Kier alpha value is -0.740. The lowest BCUT2D eigenvalue weighted by Gasteiger charge is -2.17. The largest absolute Gasteiger partial charge is 0.504 e. The predicted octanol–water partition coefficient (Wildman–Crippen LogP) is 2.62. The van der Waals surface area contributed by atoms with Gasteiger partial charge in [0.2, 0.25) is 0 Å². The summed E-state index contributed by atoms with van der Waals surface area (Å²) in [6.07, 6.45) is 0.860. The van der Waals surface area contributed by atoms with Gasteiger partial charge in [0, 0.05) is 10.0 Å². The fraction of sp³-hybridized carbons (Fsp3) is 0.455. The number of methoxy groups -OCH3 is 1. The fourth-order valence-corrected chi connectivity index (χ4v) is 2.34. The number of ether oxygens (including phenoxy) is 1. The van der Waals surface area contributed by atoms with E-state index in [4.69, 9.17) is 10.5 Å². The van der Waals surface area contributed by atoms with Crippen molar-refractivity contribution in [1.29, 1.82) is 0 Å². The molecule has 0 aliphatic heterocycles. The molecule has 1 atom stereocenters. The maximum absolute atomic E-state index is 9.66. The van der Waals surface area contributed by atoms with E-state index in [0.29, 0.717) is 12.3 Å². The first-order valence-corrected chi connectivity index (χ1v) is 5.66. The summed E-state index contributed by atoms with van der Waals surface area (Å²) in [6, 6.07) is 3.43. The number of hydrogen-bond acceptors (Lipinski definition) is 3. The summed E-state index contributed by atoms with van der Waals surface area (Å²) in [7, 11) is 1.56. The number of hydrogen-bond donors (Lipinski definition) is 2. The van der Waals surface area contributed by atoms with Crippen molar-refractivity contribution in [2.75, 3.05) is 13.7 Å². The average molecular weight is 274 g/mol. The Morgan fingerprint density at radius 3 is 2.73 bits per heavy atom. The van der Waals surface area contributed by atoms with Crippen LogP contribution >= 0.6 is 15.9 Å². The molecule has 15 heavy (non-hydrogen) atoms. The Labute approximate surface area is 98.4 Å². The summed E-state index contributed by atoms with van der Waals surface area (Å²) in [5, 5.41) is 9.66. The third kappa shape index (κ3) is 2.63. The molecule has 0 fully saturated rings. The van der Waals surface area contributed by atoms with Crippen molar-refractivity contribution in [3.05, 3.63) is 22.2 Å². The molecular weight excluding hydrogens is 258 g/mol. The molecular formula is C11H16BrNO2. The molecule has 0 spiro atoms. The maximum atomic E-state index is 9.66. The molecule has 3 nitrogen and oxygen atoms in total. The highest BCUT2D eigenvalue weighted by Crippen LogP contribution is 2.40. The Kier molecular flexibility index (Phi) is 4.42. The average Bonchev–Trinajstić information content (AvgIpc) is 2.21. The third-order valence-electron chi connectivity index (χ3n) is 2.42. The Balaban J connectivity index is 3.18. The van der Waals surface area contributed by atoms with E-state index in [1.807, 2.05) is 6.07 Å². The zero-order valence-corrected chi connectivity index (χ0v) is 10.5. The van der Waals surface area contributed by atoms with Crippen molar-refractivity contribution in [3.63, 3.8) is 0 Å². The van der Waals surface area contributed by atoms with E-state index in [1.54, 1.807) is 13.2 Å². The Morgan fingerprint density at radius 1 is 1.53 bits per heavy atom. The van der Waals surface area contributed by atoms with E-state index in [1.165, 1.54) is 0 Å². The lowest BCUT2D eigenvalue weighted by Crippen LogP contribution is -2.06. The zero-order chi connectivity index (χ0) is 11.4. The van der Waals surface area contributed by atoms with Gasteiger partial charge >= 0.3 is 0 Å². The fourth-order valence-electron chi connectivity index (χ4n) is 1.63. The maximum Gasteiger partial charge on any atom is 0.165 e. The molecule has 1 aromatic carbocycles. The number of nitrogens with two attached hydrogens (primary N) is 1. The van der Waals surface area contributed by atoms with Crippen LogP contribution in [0.15, 0.2) is 16.6 Å². The second kappa shape index (κ2) is 5.37. The van der Waals surface area contributed by atoms with Crippen molar-refractivity contribution >= 4 is 15.9 Å². The van der Waals surface area contributed by atoms with Crippen LogP contribution in [0.4, 0.5) is 0 Å². The number of benzene rings is 1. The van der Waals surface area contributed by atoms with Gasteiger partial charge < -0.3 is 15.6 Å². The first-order chi connectivity index (χ1) is 7.11. The molecule has 4 heteroatoms. The van der Waals surface area contributed by atoms with Crippen LogP contribution in [-0.2, 0) is 0 Å². The molecule has 0 aliphatic rings. The van der Waals surface area contributed by atoms with Crippen molar-refractivity contribution in [1.82, 2.24) is 0 Å². The van der Waals surface area contributed by atoms with Crippen molar-refractivity contribution in [2.45, 2.75) is 19.3 Å². The van der Waals surface area contributed by atoms with Crippen molar-refractivity contribution in [3.8, 4) is 11.5 Å². The molecule has 0 amide bonds. The Morgan fingerprint density at radius 2 is 2.20 bits per heavy atom. The lowest BCUT2D eigenvalue weighted by molar-refractivity contribution is 0.365. The number of aromatic hydroxyl groups is 1. The van der Waals surface area contributed by atoms with Gasteiger partial charge in [-0.15, -0.1) is 0 Å². The van der Waals surface area contributed by atoms with Crippen molar-refractivity contribution < 1.29 is 9.84 Å². The molecule has 0 saturated carbocycles. The van der Waals surface area contributed by atoms with Crippen LogP contribution in [-0.4, -0.2) is 18.8 Å². The molecule has 1 rings (SSSR count). The molecule has 3 N–H and O–H groups in total. The molecule has 0 aromatic heterocycles. The highest BCUT2D eigenvalue weighted by Gasteiger charge is 2.17. The normalized spacial score (nSPS) is 12.5. The summed E-state index contributed by atoms with van der Waals surface area (Å²) < 4.78 is 6.15. The minimum absolute atomic E-state index is 0.166. The quantitative estimate of drug-likeness (QED) is 0.887. The minimum atomic E-state index is 0.166. The van der Waals surface area contributed by atoms with Crippen LogP contribution in [0.5, 0.6) is 11.5 Å². The van der Waals surface area contributed by atoms with Crippen molar-refractivity contribution in [2.24, 2.45) is 5.73 Å².